The van der Waals surface area contributed by atoms with Crippen molar-refractivity contribution in [1.29, 1.82) is 5.26 Å². The third kappa shape index (κ3) is 4.43. The molecule has 0 saturated carbocycles. The van der Waals surface area contributed by atoms with E-state index in [4.69, 9.17) is 23.2 Å². The molecule has 0 amide bonds. The van der Waals surface area contributed by atoms with E-state index in [9.17, 15) is 18.2 Å². The molecule has 9 heteroatoms. The molecule has 1 fully saturated rings. The molecule has 0 spiro atoms. The number of hydrogen-bond donors (Lipinski definition) is 0. The average Bonchev–Trinajstić information content (AvgIpc) is 2.67. The van der Waals surface area contributed by atoms with Crippen LogP contribution in [0.15, 0.2) is 51.1 Å². The summed E-state index contributed by atoms with van der Waals surface area (Å²) in [5.41, 5.74) is 0.190. The summed E-state index contributed by atoms with van der Waals surface area (Å²) in [4.78, 5) is 0.295. The molecule has 1 aliphatic heterocycles. The van der Waals surface area contributed by atoms with Crippen LogP contribution < -0.4 is 0 Å². The third-order valence-electron chi connectivity index (χ3n) is 4.26. The van der Waals surface area contributed by atoms with Crippen molar-refractivity contribution in [3.05, 3.63) is 52.0 Å². The van der Waals surface area contributed by atoms with Gasteiger partial charge in [0.25, 0.3) is 0 Å². The predicted octanol–water partition coefficient (Wildman–Crippen LogP) is 4.21. The Labute approximate surface area is 171 Å². The Kier molecular flexibility index (Phi) is 6.36. The van der Waals surface area contributed by atoms with Crippen molar-refractivity contribution in [2.75, 3.05) is 13.1 Å². The molecule has 0 aromatic heterocycles. The van der Waals surface area contributed by atoms with Gasteiger partial charge in [0.2, 0.25) is 10.0 Å². The van der Waals surface area contributed by atoms with Gasteiger partial charge in [-0.25, -0.2) is 8.42 Å². The van der Waals surface area contributed by atoms with Gasteiger partial charge in [0.15, 0.2) is 9.79 Å². The van der Waals surface area contributed by atoms with Crippen molar-refractivity contribution in [2.45, 2.75) is 33.9 Å². The highest BCUT2D eigenvalue weighted by atomic mass is 35.5. The Morgan fingerprint density at radius 1 is 1.04 bits per heavy atom. The monoisotopic (exact) mass is 442 g/mol. The summed E-state index contributed by atoms with van der Waals surface area (Å²) in [7, 11) is -3.88. The summed E-state index contributed by atoms with van der Waals surface area (Å²) in [6, 6.07) is 10.6. The average molecular weight is 443 g/mol. The van der Waals surface area contributed by atoms with Gasteiger partial charge in [0.05, 0.1) is 11.6 Å². The van der Waals surface area contributed by atoms with Crippen molar-refractivity contribution < 1.29 is 13.0 Å². The highest BCUT2D eigenvalue weighted by molar-refractivity contribution is 7.93. The van der Waals surface area contributed by atoms with E-state index >= 15 is 0 Å². The van der Waals surface area contributed by atoms with Gasteiger partial charge in [-0.1, -0.05) is 29.6 Å². The number of benzene rings is 2. The molecule has 0 N–H and O–H groups in total. The maximum atomic E-state index is 13.2. The Hall–Kier alpha value is -1.27. The quantitative estimate of drug-likeness (QED) is 0.663. The second-order valence-electron chi connectivity index (χ2n) is 6.11. The third-order valence-corrected chi connectivity index (χ3v) is 8.18. The summed E-state index contributed by atoms with van der Waals surface area (Å²) < 4.78 is 40.9. The number of piperidine rings is 1. The Morgan fingerprint density at radius 2 is 1.67 bits per heavy atom. The van der Waals surface area contributed by atoms with Gasteiger partial charge in [0, 0.05) is 46.4 Å². The second kappa shape index (κ2) is 8.39. The Bertz CT molecular complexity index is 980. The molecule has 0 radical (unpaired) electrons. The topological polar surface area (TPSA) is 84.2 Å². The van der Waals surface area contributed by atoms with Crippen molar-refractivity contribution >= 4 is 44.4 Å². The van der Waals surface area contributed by atoms with E-state index in [1.165, 1.54) is 40.7 Å². The molecule has 0 bridgehead atoms. The number of nitriles is 1. The van der Waals surface area contributed by atoms with Gasteiger partial charge < -0.3 is 4.55 Å². The molecular formula is C18H16Cl2N2O3S2. The lowest BCUT2D eigenvalue weighted by atomic mass is 10.2. The number of hydrogen-bond acceptors (Lipinski definition) is 4. The minimum Gasteiger partial charge on any atom is -0.606 e. The molecule has 2 aromatic carbocycles. The van der Waals surface area contributed by atoms with E-state index in [0.29, 0.717) is 28.0 Å². The minimum absolute atomic E-state index is 0.109. The Balaban J connectivity index is 2.12. The number of rotatable bonds is 4. The zero-order chi connectivity index (χ0) is 19.6. The first-order valence-corrected chi connectivity index (χ1v) is 11.6. The molecule has 1 atom stereocenters. The van der Waals surface area contributed by atoms with Gasteiger partial charge >= 0.3 is 0 Å². The van der Waals surface area contributed by atoms with Gasteiger partial charge in [-0.15, -0.1) is 0 Å². The highest BCUT2D eigenvalue weighted by Crippen LogP contribution is 2.33. The van der Waals surface area contributed by atoms with Crippen LogP contribution in [0.3, 0.4) is 0 Å². The molecule has 1 unspecified atom stereocenters. The van der Waals surface area contributed by atoms with E-state index in [1.807, 2.05) is 6.07 Å². The summed E-state index contributed by atoms with van der Waals surface area (Å²) in [5, 5.41) is 9.80. The maximum absolute atomic E-state index is 13.2. The number of halogens is 2. The van der Waals surface area contributed by atoms with Crippen molar-refractivity contribution in [3.63, 3.8) is 0 Å². The van der Waals surface area contributed by atoms with Crippen LogP contribution in [-0.2, 0) is 21.2 Å². The zero-order valence-corrected chi connectivity index (χ0v) is 17.3. The molecule has 1 saturated heterocycles. The lowest BCUT2D eigenvalue weighted by Crippen LogP contribution is -2.36. The van der Waals surface area contributed by atoms with E-state index < -0.39 is 21.2 Å². The van der Waals surface area contributed by atoms with E-state index in [-0.39, 0.29) is 15.4 Å². The van der Waals surface area contributed by atoms with Crippen LogP contribution in [0.25, 0.3) is 0 Å². The molecule has 2 aromatic rings. The SMILES string of the molecule is N#Cc1ccc([S+]([O-])c2cc(Cl)cc(Cl)c2)c(S(=O)(=O)N2CCCCC2)c1. The lowest BCUT2D eigenvalue weighted by molar-refractivity contribution is 0.346. The fraction of sp³-hybridized carbons (Fsp3) is 0.278. The highest BCUT2D eigenvalue weighted by Gasteiger charge is 2.33. The molecule has 3 rings (SSSR count). The second-order valence-corrected chi connectivity index (χ2v) is 10.3. The van der Waals surface area contributed by atoms with E-state index in [2.05, 4.69) is 0 Å². The molecule has 142 valence electrons. The van der Waals surface area contributed by atoms with Crippen LogP contribution >= 0.6 is 23.2 Å². The molecule has 1 aliphatic rings. The summed E-state index contributed by atoms with van der Waals surface area (Å²) in [6.07, 6.45) is 2.53. The number of nitrogens with zero attached hydrogens (tertiary/aromatic N) is 2. The minimum atomic E-state index is -3.88. The normalized spacial score (nSPS) is 16.7. The van der Waals surface area contributed by atoms with Crippen LogP contribution in [-0.4, -0.2) is 30.4 Å². The largest absolute Gasteiger partial charge is 0.606 e. The first-order chi connectivity index (χ1) is 12.8. The first-order valence-electron chi connectivity index (χ1n) is 8.25. The summed E-state index contributed by atoms with van der Waals surface area (Å²) in [5.74, 6) is 0. The first kappa shape index (κ1) is 20.5. The van der Waals surface area contributed by atoms with Crippen LogP contribution in [0, 0.1) is 11.3 Å². The van der Waals surface area contributed by atoms with Gasteiger partial charge in [-0.05, 0) is 37.1 Å². The zero-order valence-electron chi connectivity index (χ0n) is 14.2. The van der Waals surface area contributed by atoms with E-state index in [0.717, 1.165) is 19.3 Å². The van der Waals surface area contributed by atoms with Crippen LogP contribution in [0.1, 0.15) is 24.8 Å². The van der Waals surface area contributed by atoms with Crippen LogP contribution in [0.2, 0.25) is 10.0 Å². The molecule has 0 aliphatic carbocycles. The predicted molar refractivity (Wildman–Crippen MR) is 105 cm³/mol. The fourth-order valence-electron chi connectivity index (χ4n) is 2.94. The van der Waals surface area contributed by atoms with Crippen molar-refractivity contribution in [2.24, 2.45) is 0 Å². The molecular weight excluding hydrogens is 427 g/mol. The summed E-state index contributed by atoms with van der Waals surface area (Å²) in [6.45, 7) is 0.822. The van der Waals surface area contributed by atoms with Crippen molar-refractivity contribution in [3.8, 4) is 6.07 Å². The lowest BCUT2D eigenvalue weighted by Gasteiger charge is -2.26. The van der Waals surface area contributed by atoms with Crippen LogP contribution in [0.4, 0.5) is 0 Å². The van der Waals surface area contributed by atoms with E-state index in [1.54, 1.807) is 0 Å². The molecule has 5 nitrogen and oxygen atoms in total. The summed E-state index contributed by atoms with van der Waals surface area (Å²) >= 11 is 10.2. The molecule has 1 heterocycles. The van der Waals surface area contributed by atoms with Crippen LogP contribution in [0.5, 0.6) is 0 Å². The number of sulfonamides is 1. The van der Waals surface area contributed by atoms with Gasteiger partial charge in [-0.2, -0.15) is 9.57 Å². The maximum Gasteiger partial charge on any atom is 0.248 e. The smallest absolute Gasteiger partial charge is 0.248 e. The standard InChI is InChI=1S/C18H16Cl2N2O3S2/c19-14-9-15(20)11-16(10-14)26(23)17-5-4-13(12-21)8-18(17)27(24,25)22-6-2-1-3-7-22/h4-5,8-11H,1-3,6-7H2. The fourth-order valence-corrected chi connectivity index (χ4v) is 6.91. The van der Waals surface area contributed by atoms with Crippen molar-refractivity contribution in [1.82, 2.24) is 4.31 Å². The molecule has 27 heavy (non-hydrogen) atoms. The van der Waals surface area contributed by atoms with Gasteiger partial charge in [-0.3, -0.25) is 0 Å². The Morgan fingerprint density at radius 3 is 2.26 bits per heavy atom. The van der Waals surface area contributed by atoms with Gasteiger partial charge in [0.1, 0.15) is 4.90 Å².